The first-order valence-electron chi connectivity index (χ1n) is 16.4. The molecule has 4 aromatic rings. The van der Waals surface area contributed by atoms with Crippen molar-refractivity contribution in [2.45, 2.75) is 45.1 Å². The standard InChI is InChI=1S/C35H42ClN9O2/c1-22-18-31(45-16-14-38-15-17-45)39-21-29(22)25-6-2-23(3-7-25)19-30(41-33(46)27-8-4-24(20-37)5-9-27)34(47)40-28-12-10-26(11-13-28)32-42-35(36)44-43-32/h2-3,6-7,10-13,18,21,24,27,30,38H,4-5,8-9,14-17,19-20,37H2,1H3,(H,40,47)(H,41,46)(H,42,43,44)/t24-,27-,30-/m0/s1. The van der Waals surface area contributed by atoms with E-state index in [0.29, 0.717) is 30.4 Å². The first-order valence-corrected chi connectivity index (χ1v) is 16.8. The van der Waals surface area contributed by atoms with Gasteiger partial charge >= 0.3 is 0 Å². The number of nitrogens with one attached hydrogen (secondary N) is 4. The van der Waals surface area contributed by atoms with Crippen LogP contribution in [0.2, 0.25) is 5.28 Å². The third-order valence-corrected chi connectivity index (χ3v) is 9.48. The Morgan fingerprint density at radius 2 is 1.70 bits per heavy atom. The quantitative estimate of drug-likeness (QED) is 0.169. The summed E-state index contributed by atoms with van der Waals surface area (Å²) >= 11 is 5.87. The van der Waals surface area contributed by atoms with Gasteiger partial charge in [0.05, 0.1) is 0 Å². The van der Waals surface area contributed by atoms with Crippen LogP contribution in [0, 0.1) is 18.8 Å². The molecule has 2 aliphatic rings. The summed E-state index contributed by atoms with van der Waals surface area (Å²) in [6, 6.07) is 16.8. The number of rotatable bonds is 10. The second-order valence-corrected chi connectivity index (χ2v) is 12.9. The highest BCUT2D eigenvalue weighted by Gasteiger charge is 2.29. The molecule has 47 heavy (non-hydrogen) atoms. The number of amides is 2. The van der Waals surface area contributed by atoms with Crippen LogP contribution in [-0.4, -0.2) is 70.7 Å². The lowest BCUT2D eigenvalue weighted by atomic mass is 9.81. The number of aromatic nitrogens is 4. The van der Waals surface area contributed by atoms with Crippen molar-refractivity contribution in [3.05, 3.63) is 77.2 Å². The van der Waals surface area contributed by atoms with Gasteiger partial charge in [0.15, 0.2) is 5.82 Å². The van der Waals surface area contributed by atoms with Crippen LogP contribution in [-0.2, 0) is 16.0 Å². The average Bonchev–Trinajstić information content (AvgIpc) is 3.55. The molecule has 246 valence electrons. The Morgan fingerprint density at radius 3 is 2.34 bits per heavy atom. The van der Waals surface area contributed by atoms with E-state index in [1.54, 1.807) is 12.1 Å². The van der Waals surface area contributed by atoms with Gasteiger partial charge in [-0.15, -0.1) is 10.2 Å². The van der Waals surface area contributed by atoms with Gasteiger partial charge in [0.25, 0.3) is 0 Å². The number of hydrogen-bond acceptors (Lipinski definition) is 8. The first-order chi connectivity index (χ1) is 22.9. The summed E-state index contributed by atoms with van der Waals surface area (Å²) in [6.45, 7) is 6.58. The molecule has 1 saturated heterocycles. The van der Waals surface area contributed by atoms with Crippen molar-refractivity contribution in [3.63, 3.8) is 0 Å². The third kappa shape index (κ3) is 8.16. The van der Waals surface area contributed by atoms with Crippen LogP contribution in [0.3, 0.4) is 0 Å². The SMILES string of the molecule is Cc1cc(N2CCNCC2)ncc1-c1ccc(C[C@H](NC(=O)[C@H]2CC[C@H](CN)CC2)C(=O)Nc2ccc(-c3nnc(Cl)[nH]3)cc2)cc1. The fraction of sp³-hybridized carbons (Fsp3) is 0.400. The largest absolute Gasteiger partial charge is 0.354 e. The molecule has 1 aliphatic carbocycles. The molecule has 0 unspecified atom stereocenters. The average molecular weight is 656 g/mol. The lowest BCUT2D eigenvalue weighted by molar-refractivity contribution is -0.130. The van der Waals surface area contributed by atoms with Crippen LogP contribution in [0.4, 0.5) is 11.5 Å². The van der Waals surface area contributed by atoms with Gasteiger partial charge in [0.2, 0.25) is 17.1 Å². The predicted octanol–water partition coefficient (Wildman–Crippen LogP) is 4.34. The van der Waals surface area contributed by atoms with Crippen molar-refractivity contribution in [2.75, 3.05) is 42.9 Å². The zero-order valence-corrected chi connectivity index (χ0v) is 27.4. The molecule has 2 fully saturated rings. The number of hydrogen-bond donors (Lipinski definition) is 5. The summed E-state index contributed by atoms with van der Waals surface area (Å²) in [4.78, 5) is 37.0. The normalized spacial score (nSPS) is 18.8. The third-order valence-electron chi connectivity index (χ3n) is 9.31. The van der Waals surface area contributed by atoms with Gasteiger partial charge in [0, 0.05) is 61.5 Å². The summed E-state index contributed by atoms with van der Waals surface area (Å²) in [5.41, 5.74) is 11.5. The van der Waals surface area contributed by atoms with Gasteiger partial charge < -0.3 is 31.6 Å². The maximum absolute atomic E-state index is 13.7. The molecule has 11 nitrogen and oxygen atoms in total. The number of carbonyl (C=O) groups is 2. The molecule has 2 aromatic carbocycles. The second kappa shape index (κ2) is 15.1. The minimum atomic E-state index is -0.755. The van der Waals surface area contributed by atoms with Gasteiger partial charge in [-0.05, 0) is 104 Å². The number of carbonyl (C=O) groups excluding carboxylic acids is 2. The number of benzene rings is 2. The molecule has 6 N–H and O–H groups in total. The minimum absolute atomic E-state index is 0.0823. The predicted molar refractivity (Wildman–Crippen MR) is 185 cm³/mol. The van der Waals surface area contributed by atoms with Crippen LogP contribution >= 0.6 is 11.6 Å². The number of piperazine rings is 1. The topological polar surface area (TPSA) is 154 Å². The van der Waals surface area contributed by atoms with E-state index in [2.05, 4.69) is 61.2 Å². The lowest BCUT2D eigenvalue weighted by Gasteiger charge is -2.29. The molecule has 0 radical (unpaired) electrons. The molecule has 1 atom stereocenters. The summed E-state index contributed by atoms with van der Waals surface area (Å²) < 4.78 is 0. The van der Waals surface area contributed by atoms with E-state index in [0.717, 1.165) is 85.5 Å². The van der Waals surface area contributed by atoms with Crippen LogP contribution in [0.25, 0.3) is 22.5 Å². The highest BCUT2D eigenvalue weighted by atomic mass is 35.5. The Balaban J connectivity index is 1.16. The number of nitrogens with zero attached hydrogens (tertiary/aromatic N) is 4. The van der Waals surface area contributed by atoms with E-state index >= 15 is 0 Å². The van der Waals surface area contributed by atoms with Crippen molar-refractivity contribution in [3.8, 4) is 22.5 Å². The van der Waals surface area contributed by atoms with E-state index in [4.69, 9.17) is 22.3 Å². The van der Waals surface area contributed by atoms with Crippen molar-refractivity contribution in [1.29, 1.82) is 0 Å². The van der Waals surface area contributed by atoms with Gasteiger partial charge in [-0.25, -0.2) is 4.98 Å². The number of pyridine rings is 1. The van der Waals surface area contributed by atoms with Crippen molar-refractivity contribution < 1.29 is 9.59 Å². The summed E-state index contributed by atoms with van der Waals surface area (Å²) in [6.07, 6.45) is 5.72. The van der Waals surface area contributed by atoms with Gasteiger partial charge in [-0.3, -0.25) is 9.59 Å². The fourth-order valence-electron chi connectivity index (χ4n) is 6.44. The van der Waals surface area contributed by atoms with Gasteiger partial charge in [-0.1, -0.05) is 24.3 Å². The van der Waals surface area contributed by atoms with E-state index in [-0.39, 0.29) is 23.0 Å². The summed E-state index contributed by atoms with van der Waals surface area (Å²) in [5.74, 6) is 1.51. The lowest BCUT2D eigenvalue weighted by Crippen LogP contribution is -2.48. The fourth-order valence-corrected chi connectivity index (χ4v) is 6.57. The number of H-pyrrole nitrogens is 1. The second-order valence-electron chi connectivity index (χ2n) is 12.5. The molecule has 2 aromatic heterocycles. The number of halogens is 1. The summed E-state index contributed by atoms with van der Waals surface area (Å²) in [5, 5.41) is 17.4. The zero-order chi connectivity index (χ0) is 32.8. The molecule has 12 heteroatoms. The number of aromatic amines is 1. The van der Waals surface area contributed by atoms with Crippen LogP contribution in [0.5, 0.6) is 0 Å². The van der Waals surface area contributed by atoms with Crippen LogP contribution < -0.4 is 26.6 Å². The maximum atomic E-state index is 13.7. The molecule has 3 heterocycles. The molecule has 1 aliphatic heterocycles. The maximum Gasteiger partial charge on any atom is 0.247 e. The Kier molecular flexibility index (Phi) is 10.4. The minimum Gasteiger partial charge on any atom is -0.354 e. The van der Waals surface area contributed by atoms with Crippen LogP contribution in [0.15, 0.2) is 60.8 Å². The van der Waals surface area contributed by atoms with Gasteiger partial charge in [-0.2, -0.15) is 0 Å². The molecule has 6 rings (SSSR count). The van der Waals surface area contributed by atoms with E-state index in [1.807, 2.05) is 30.5 Å². The highest BCUT2D eigenvalue weighted by molar-refractivity contribution is 6.28. The van der Waals surface area contributed by atoms with E-state index in [9.17, 15) is 9.59 Å². The Hall–Kier alpha value is -4.32. The van der Waals surface area contributed by atoms with Crippen molar-refractivity contribution in [2.24, 2.45) is 17.6 Å². The van der Waals surface area contributed by atoms with Crippen LogP contribution in [0.1, 0.15) is 36.8 Å². The zero-order valence-electron chi connectivity index (χ0n) is 26.6. The Labute approximate surface area is 280 Å². The molecule has 0 spiro atoms. The number of nitrogens with two attached hydrogens (primary N) is 1. The number of aryl methyl sites for hydroxylation is 1. The van der Waals surface area contributed by atoms with Crippen molar-refractivity contribution in [1.82, 2.24) is 30.8 Å². The van der Waals surface area contributed by atoms with E-state index in [1.165, 1.54) is 0 Å². The Morgan fingerprint density at radius 1 is 1.00 bits per heavy atom. The van der Waals surface area contributed by atoms with E-state index < -0.39 is 6.04 Å². The summed E-state index contributed by atoms with van der Waals surface area (Å²) in [7, 11) is 0. The highest BCUT2D eigenvalue weighted by Crippen LogP contribution is 2.29. The molecule has 2 amide bonds. The molecular formula is C35H42ClN9O2. The molecule has 1 saturated carbocycles. The monoisotopic (exact) mass is 655 g/mol. The molecule has 0 bridgehead atoms. The smallest absolute Gasteiger partial charge is 0.247 e. The number of anilines is 2. The first kappa shape index (κ1) is 32.6. The molecular weight excluding hydrogens is 614 g/mol. The van der Waals surface area contributed by atoms with Gasteiger partial charge in [0.1, 0.15) is 11.9 Å². The van der Waals surface area contributed by atoms with Crippen molar-refractivity contribution >= 4 is 34.9 Å². The Bertz CT molecular complexity index is 1660.